The Labute approximate surface area is 183 Å². The molecule has 1 saturated carbocycles. The molecule has 0 aromatic carbocycles. The maximum absolute atomic E-state index is 12.0. The smallest absolute Gasteiger partial charge is 0.321 e. The number of thiazole rings is 1. The molecule has 1 aliphatic rings. The Morgan fingerprint density at radius 3 is 2.97 bits per heavy atom. The number of nitrogens with zero attached hydrogens (tertiary/aromatic N) is 3. The average Bonchev–Trinajstić information content (AvgIpc) is 3.50. The number of hydrogen-bond donors (Lipinski definition) is 3. The van der Waals surface area contributed by atoms with Crippen LogP contribution in [0.25, 0.3) is 0 Å². The molecule has 1 fully saturated rings. The summed E-state index contributed by atoms with van der Waals surface area (Å²) in [6.07, 6.45) is 15.4. The maximum Gasteiger partial charge on any atom is 0.321 e. The lowest BCUT2D eigenvalue weighted by molar-refractivity contribution is 0.252. The molecule has 0 spiro atoms. The molecule has 0 atom stereocenters. The van der Waals surface area contributed by atoms with Crippen LogP contribution in [0.15, 0.2) is 33.5 Å². The molecular formula is C20H26N6O2S2. The van der Waals surface area contributed by atoms with Crippen molar-refractivity contribution in [1.82, 2.24) is 25.3 Å². The van der Waals surface area contributed by atoms with Gasteiger partial charge in [-0.1, -0.05) is 43.4 Å². The van der Waals surface area contributed by atoms with Gasteiger partial charge in [-0.2, -0.15) is 0 Å². The molecule has 3 heterocycles. The summed E-state index contributed by atoms with van der Waals surface area (Å²) in [7, 11) is 0. The lowest BCUT2D eigenvalue weighted by atomic mass is 9.86. The quantitative estimate of drug-likeness (QED) is 0.413. The number of carbonyl (C=O) groups is 1. The zero-order valence-corrected chi connectivity index (χ0v) is 18.4. The van der Waals surface area contributed by atoms with Crippen LogP contribution < -0.4 is 10.6 Å². The van der Waals surface area contributed by atoms with Crippen LogP contribution in [-0.2, 0) is 18.6 Å². The second kappa shape index (κ2) is 10.6. The van der Waals surface area contributed by atoms with Gasteiger partial charge in [0.2, 0.25) is 5.89 Å². The van der Waals surface area contributed by atoms with Gasteiger partial charge in [0.1, 0.15) is 5.76 Å². The highest BCUT2D eigenvalue weighted by Gasteiger charge is 2.16. The largest absolute Gasteiger partial charge is 0.445 e. The topological polar surface area (TPSA) is 109 Å². The van der Waals surface area contributed by atoms with E-state index in [1.165, 1.54) is 43.4 Å². The second-order valence-electron chi connectivity index (χ2n) is 7.41. The number of anilines is 1. The highest BCUT2D eigenvalue weighted by Crippen LogP contribution is 2.31. The molecule has 1 aliphatic carbocycles. The Bertz CT molecular complexity index is 918. The highest BCUT2D eigenvalue weighted by molar-refractivity contribution is 8.00. The Kier molecular flexibility index (Phi) is 7.41. The molecule has 30 heavy (non-hydrogen) atoms. The van der Waals surface area contributed by atoms with Gasteiger partial charge in [0.25, 0.3) is 0 Å². The van der Waals surface area contributed by atoms with Crippen molar-refractivity contribution in [1.29, 1.82) is 0 Å². The molecule has 0 bridgehead atoms. The van der Waals surface area contributed by atoms with Gasteiger partial charge in [-0.05, 0) is 5.92 Å². The summed E-state index contributed by atoms with van der Waals surface area (Å²) in [5, 5.41) is 6.15. The lowest BCUT2D eigenvalue weighted by Gasteiger charge is -2.19. The van der Waals surface area contributed by atoms with E-state index in [0.717, 1.165) is 33.9 Å². The number of imidazole rings is 1. The molecule has 3 aromatic rings. The molecule has 2 amide bonds. The van der Waals surface area contributed by atoms with Crippen molar-refractivity contribution in [3.63, 3.8) is 0 Å². The first-order chi connectivity index (χ1) is 14.7. The van der Waals surface area contributed by atoms with Gasteiger partial charge in [-0.15, -0.1) is 11.8 Å². The summed E-state index contributed by atoms with van der Waals surface area (Å²) in [6, 6.07) is -0.263. The molecular weight excluding hydrogens is 420 g/mol. The zero-order valence-electron chi connectivity index (χ0n) is 16.7. The third-order valence-corrected chi connectivity index (χ3v) is 7.19. The van der Waals surface area contributed by atoms with E-state index < -0.39 is 0 Å². The van der Waals surface area contributed by atoms with Crippen LogP contribution in [0.5, 0.6) is 0 Å². The molecule has 0 unspecified atom stereocenters. The predicted octanol–water partition coefficient (Wildman–Crippen LogP) is 4.63. The molecule has 3 N–H and O–H groups in total. The van der Waals surface area contributed by atoms with Crippen LogP contribution in [0.4, 0.5) is 9.93 Å². The average molecular weight is 447 g/mol. The van der Waals surface area contributed by atoms with Gasteiger partial charge in [-0.3, -0.25) is 5.32 Å². The molecule has 0 saturated heterocycles. The van der Waals surface area contributed by atoms with Crippen molar-refractivity contribution in [2.75, 3.05) is 11.9 Å². The summed E-state index contributed by atoms with van der Waals surface area (Å²) in [4.78, 5) is 27.6. The van der Waals surface area contributed by atoms with Crippen LogP contribution in [0.1, 0.15) is 49.4 Å². The normalized spacial score (nSPS) is 14.7. The van der Waals surface area contributed by atoms with E-state index in [1.54, 1.807) is 30.5 Å². The lowest BCUT2D eigenvalue weighted by Crippen LogP contribution is -2.30. The highest BCUT2D eigenvalue weighted by atomic mass is 32.2. The van der Waals surface area contributed by atoms with E-state index >= 15 is 0 Å². The molecule has 160 valence electrons. The van der Waals surface area contributed by atoms with Crippen molar-refractivity contribution in [3.05, 3.63) is 42.3 Å². The Morgan fingerprint density at radius 2 is 2.13 bits per heavy atom. The predicted molar refractivity (Wildman–Crippen MR) is 118 cm³/mol. The van der Waals surface area contributed by atoms with Gasteiger partial charge >= 0.3 is 6.03 Å². The van der Waals surface area contributed by atoms with Crippen molar-refractivity contribution in [2.45, 2.75) is 54.9 Å². The van der Waals surface area contributed by atoms with Crippen LogP contribution >= 0.6 is 23.1 Å². The van der Waals surface area contributed by atoms with E-state index in [9.17, 15) is 4.79 Å². The van der Waals surface area contributed by atoms with Crippen LogP contribution in [0.3, 0.4) is 0 Å². The first-order valence-corrected chi connectivity index (χ1v) is 12.1. The monoisotopic (exact) mass is 446 g/mol. The number of amides is 2. The standard InChI is InChI=1S/C20H26N6O2S2/c27-19(22-7-6-15-9-21-13-25-15)26-20-24-11-18(30-20)29-12-17-23-10-16(28-17)8-14-4-2-1-3-5-14/h9-11,13-14H,1-8,12H2,(H,21,25)(H2,22,24,26,27). The first-order valence-electron chi connectivity index (χ1n) is 10.3. The number of thioether (sulfide) groups is 1. The van der Waals surface area contributed by atoms with Crippen LogP contribution in [-0.4, -0.2) is 32.5 Å². The van der Waals surface area contributed by atoms with Gasteiger partial charge in [0, 0.05) is 31.3 Å². The SMILES string of the molecule is O=C(NCCc1cnc[nH]1)Nc1ncc(SCc2ncc(CC3CCCCC3)o2)s1. The molecule has 0 radical (unpaired) electrons. The Morgan fingerprint density at radius 1 is 1.23 bits per heavy atom. The molecule has 3 aromatic heterocycles. The van der Waals surface area contributed by atoms with E-state index in [1.807, 2.05) is 6.20 Å². The van der Waals surface area contributed by atoms with Crippen molar-refractivity contribution in [3.8, 4) is 0 Å². The number of aromatic amines is 1. The molecule has 10 heteroatoms. The number of rotatable bonds is 9. The van der Waals surface area contributed by atoms with Crippen LogP contribution in [0.2, 0.25) is 0 Å². The van der Waals surface area contributed by atoms with Crippen molar-refractivity contribution in [2.24, 2.45) is 5.92 Å². The summed E-state index contributed by atoms with van der Waals surface area (Å²) < 4.78 is 6.93. The fourth-order valence-corrected chi connectivity index (χ4v) is 5.30. The number of carbonyl (C=O) groups excluding carboxylic acids is 1. The van der Waals surface area contributed by atoms with Crippen molar-refractivity contribution >= 4 is 34.3 Å². The number of hydrogen-bond acceptors (Lipinski definition) is 7. The molecule has 4 rings (SSSR count). The fraction of sp³-hybridized carbons (Fsp3) is 0.500. The van der Waals surface area contributed by atoms with Gasteiger partial charge in [0.15, 0.2) is 5.13 Å². The number of aromatic nitrogens is 4. The minimum atomic E-state index is -0.263. The summed E-state index contributed by atoms with van der Waals surface area (Å²) in [5.74, 6) is 3.14. The maximum atomic E-state index is 12.0. The number of H-pyrrole nitrogens is 1. The van der Waals surface area contributed by atoms with E-state index in [-0.39, 0.29) is 6.03 Å². The molecule has 0 aliphatic heterocycles. The summed E-state index contributed by atoms with van der Waals surface area (Å²) >= 11 is 3.06. The third-order valence-electron chi connectivity index (χ3n) is 5.09. The van der Waals surface area contributed by atoms with Gasteiger partial charge in [-0.25, -0.2) is 19.7 Å². The minimum Gasteiger partial charge on any atom is -0.445 e. The molecule has 8 nitrogen and oxygen atoms in total. The Balaban J connectivity index is 1.17. The third kappa shape index (κ3) is 6.33. The van der Waals surface area contributed by atoms with E-state index in [4.69, 9.17) is 4.42 Å². The second-order valence-corrected chi connectivity index (χ2v) is 9.72. The first kappa shape index (κ1) is 20.9. The summed E-state index contributed by atoms with van der Waals surface area (Å²) in [6.45, 7) is 0.522. The summed E-state index contributed by atoms with van der Waals surface area (Å²) in [5.41, 5.74) is 0.983. The van der Waals surface area contributed by atoms with Gasteiger partial charge < -0.3 is 14.7 Å². The minimum absolute atomic E-state index is 0.263. The van der Waals surface area contributed by atoms with E-state index in [2.05, 4.69) is 30.6 Å². The number of oxazole rings is 1. The Hall–Kier alpha value is -2.33. The van der Waals surface area contributed by atoms with Crippen LogP contribution in [0, 0.1) is 5.92 Å². The number of nitrogens with one attached hydrogen (secondary N) is 3. The zero-order chi connectivity index (χ0) is 20.6. The van der Waals surface area contributed by atoms with Crippen molar-refractivity contribution < 1.29 is 9.21 Å². The number of urea groups is 1. The van der Waals surface area contributed by atoms with E-state index in [0.29, 0.717) is 23.8 Å². The fourth-order valence-electron chi connectivity index (χ4n) is 3.58. The van der Waals surface area contributed by atoms with Gasteiger partial charge in [0.05, 0.1) is 28.7 Å².